The van der Waals surface area contributed by atoms with Crippen molar-refractivity contribution in [3.05, 3.63) is 65.7 Å². The van der Waals surface area contributed by atoms with Crippen molar-refractivity contribution in [1.82, 2.24) is 4.90 Å². The van der Waals surface area contributed by atoms with Crippen LogP contribution in [0.4, 0.5) is 8.78 Å². The van der Waals surface area contributed by atoms with E-state index >= 15 is 0 Å². The summed E-state index contributed by atoms with van der Waals surface area (Å²) in [6, 6.07) is 16.0. The molecule has 0 atom stereocenters. The van der Waals surface area contributed by atoms with E-state index in [-0.39, 0.29) is 18.1 Å². The zero-order chi connectivity index (χ0) is 18.1. The molecule has 0 fully saturated rings. The highest BCUT2D eigenvalue weighted by molar-refractivity contribution is 5.79. The van der Waals surface area contributed by atoms with Gasteiger partial charge in [0, 0.05) is 18.7 Å². The van der Waals surface area contributed by atoms with Gasteiger partial charge in [-0.05, 0) is 24.6 Å². The van der Waals surface area contributed by atoms with Gasteiger partial charge in [0.1, 0.15) is 5.75 Å². The molecule has 0 saturated carbocycles. The number of hydrogen-bond donors (Lipinski definition) is 1. The average Bonchev–Trinajstić information content (AvgIpc) is 2.60. The average molecular weight is 348 g/mol. The molecule has 2 rings (SSSR count). The third-order valence-electron chi connectivity index (χ3n) is 3.73. The first-order valence-electron chi connectivity index (χ1n) is 8.14. The zero-order valence-corrected chi connectivity index (χ0v) is 13.9. The highest BCUT2D eigenvalue weighted by atomic mass is 19.3. The summed E-state index contributed by atoms with van der Waals surface area (Å²) in [7, 11) is 0. The fraction of sp³-hybridized carbons (Fsp3) is 0.316. The summed E-state index contributed by atoms with van der Waals surface area (Å²) in [5.74, 6) is -0.119. The van der Waals surface area contributed by atoms with E-state index in [4.69, 9.17) is 5.73 Å². The van der Waals surface area contributed by atoms with Crippen LogP contribution in [0.3, 0.4) is 0 Å². The largest absolute Gasteiger partial charge is 0.435 e. The third kappa shape index (κ3) is 6.15. The van der Waals surface area contributed by atoms with Gasteiger partial charge in [0.2, 0.25) is 5.91 Å². The summed E-state index contributed by atoms with van der Waals surface area (Å²) in [5, 5.41) is 0. The number of ether oxygens (including phenoxy) is 1. The number of para-hydroxylation sites is 1. The zero-order valence-electron chi connectivity index (χ0n) is 13.9. The first-order valence-corrected chi connectivity index (χ1v) is 8.14. The number of alkyl halides is 2. The summed E-state index contributed by atoms with van der Waals surface area (Å²) in [4.78, 5) is 14.4. The molecule has 2 aromatic carbocycles. The van der Waals surface area contributed by atoms with Crippen LogP contribution in [-0.2, 0) is 17.8 Å². The lowest BCUT2D eigenvalue weighted by Gasteiger charge is -2.23. The first kappa shape index (κ1) is 18.9. The van der Waals surface area contributed by atoms with E-state index < -0.39 is 6.61 Å². The number of hydrogen-bond acceptors (Lipinski definition) is 3. The van der Waals surface area contributed by atoms with Crippen LogP contribution in [0.15, 0.2) is 54.6 Å². The van der Waals surface area contributed by atoms with Crippen molar-refractivity contribution < 1.29 is 18.3 Å². The number of halogens is 2. The number of benzene rings is 2. The van der Waals surface area contributed by atoms with Gasteiger partial charge in [-0.2, -0.15) is 8.78 Å². The second-order valence-corrected chi connectivity index (χ2v) is 5.61. The Morgan fingerprint density at radius 2 is 1.76 bits per heavy atom. The monoisotopic (exact) mass is 348 g/mol. The predicted octanol–water partition coefficient (Wildman–Crippen LogP) is 3.21. The molecular weight excluding hydrogens is 326 g/mol. The SMILES string of the molecule is NCCCN(Cc1ccccc1)C(=O)Cc1ccccc1OC(F)F. The molecule has 4 nitrogen and oxygen atoms in total. The number of nitrogens with two attached hydrogens (primary N) is 1. The minimum atomic E-state index is -2.92. The van der Waals surface area contributed by atoms with Gasteiger partial charge < -0.3 is 15.4 Å². The smallest absolute Gasteiger partial charge is 0.387 e. The molecular formula is C19H22F2N2O2. The van der Waals surface area contributed by atoms with Crippen molar-refractivity contribution in [3.63, 3.8) is 0 Å². The van der Waals surface area contributed by atoms with E-state index in [0.717, 1.165) is 5.56 Å². The van der Waals surface area contributed by atoms with Crippen molar-refractivity contribution >= 4 is 5.91 Å². The van der Waals surface area contributed by atoms with Crippen LogP contribution in [0, 0.1) is 0 Å². The lowest BCUT2D eigenvalue weighted by atomic mass is 10.1. The third-order valence-corrected chi connectivity index (χ3v) is 3.73. The normalized spacial score (nSPS) is 10.7. The van der Waals surface area contributed by atoms with E-state index in [2.05, 4.69) is 4.74 Å². The maximum Gasteiger partial charge on any atom is 0.387 e. The van der Waals surface area contributed by atoms with E-state index in [1.54, 1.807) is 23.1 Å². The maximum absolute atomic E-state index is 12.7. The number of rotatable bonds is 9. The molecule has 0 heterocycles. The van der Waals surface area contributed by atoms with Crippen LogP contribution in [0.2, 0.25) is 0 Å². The molecule has 0 aromatic heterocycles. The van der Waals surface area contributed by atoms with E-state index in [1.165, 1.54) is 6.07 Å². The van der Waals surface area contributed by atoms with E-state index in [1.807, 2.05) is 30.3 Å². The molecule has 2 aromatic rings. The Labute approximate surface area is 146 Å². The molecule has 0 saturated heterocycles. The van der Waals surface area contributed by atoms with Gasteiger partial charge >= 0.3 is 6.61 Å². The second-order valence-electron chi connectivity index (χ2n) is 5.61. The molecule has 0 radical (unpaired) electrons. The topological polar surface area (TPSA) is 55.6 Å². The molecule has 0 aliphatic carbocycles. The lowest BCUT2D eigenvalue weighted by Crippen LogP contribution is -2.33. The van der Waals surface area contributed by atoms with E-state index in [9.17, 15) is 13.6 Å². The Kier molecular flexibility index (Phi) is 7.35. The Balaban J connectivity index is 2.11. The molecule has 2 N–H and O–H groups in total. The van der Waals surface area contributed by atoms with Crippen molar-refractivity contribution in [2.24, 2.45) is 5.73 Å². The molecule has 0 bridgehead atoms. The van der Waals surface area contributed by atoms with Crippen LogP contribution in [-0.4, -0.2) is 30.5 Å². The van der Waals surface area contributed by atoms with Gasteiger partial charge in [-0.1, -0.05) is 48.5 Å². The van der Waals surface area contributed by atoms with Crippen LogP contribution >= 0.6 is 0 Å². The Hall–Kier alpha value is -2.47. The maximum atomic E-state index is 12.7. The van der Waals surface area contributed by atoms with Gasteiger partial charge in [0.05, 0.1) is 6.42 Å². The second kappa shape index (κ2) is 9.74. The standard InChI is InChI=1S/C19H22F2N2O2/c20-19(21)25-17-10-5-4-9-16(17)13-18(24)23(12-6-11-22)14-15-7-2-1-3-8-15/h1-5,7-10,19H,6,11-14,22H2. The lowest BCUT2D eigenvalue weighted by molar-refractivity contribution is -0.131. The van der Waals surface area contributed by atoms with Gasteiger partial charge in [-0.3, -0.25) is 4.79 Å². The highest BCUT2D eigenvalue weighted by Gasteiger charge is 2.17. The quantitative estimate of drug-likeness (QED) is 0.757. The Morgan fingerprint density at radius 1 is 1.08 bits per heavy atom. The molecule has 6 heteroatoms. The number of amides is 1. The number of nitrogens with zero attached hydrogens (tertiary/aromatic N) is 1. The van der Waals surface area contributed by atoms with Crippen LogP contribution < -0.4 is 10.5 Å². The number of carbonyl (C=O) groups is 1. The van der Waals surface area contributed by atoms with E-state index in [0.29, 0.717) is 31.6 Å². The van der Waals surface area contributed by atoms with Gasteiger partial charge in [0.15, 0.2) is 0 Å². The minimum absolute atomic E-state index is 0.000296. The van der Waals surface area contributed by atoms with Crippen molar-refractivity contribution in [2.75, 3.05) is 13.1 Å². The molecule has 0 spiro atoms. The Morgan fingerprint density at radius 3 is 2.44 bits per heavy atom. The first-order chi connectivity index (χ1) is 12.1. The summed E-state index contributed by atoms with van der Waals surface area (Å²) in [6.07, 6.45) is 0.675. The fourth-order valence-corrected chi connectivity index (χ4v) is 2.51. The van der Waals surface area contributed by atoms with Crippen molar-refractivity contribution in [2.45, 2.75) is 26.0 Å². The van der Waals surface area contributed by atoms with Crippen LogP contribution in [0.1, 0.15) is 17.5 Å². The molecule has 0 unspecified atom stereocenters. The van der Waals surface area contributed by atoms with Crippen molar-refractivity contribution in [1.29, 1.82) is 0 Å². The van der Waals surface area contributed by atoms with Crippen LogP contribution in [0.25, 0.3) is 0 Å². The molecule has 134 valence electrons. The fourth-order valence-electron chi connectivity index (χ4n) is 2.51. The minimum Gasteiger partial charge on any atom is -0.435 e. The van der Waals surface area contributed by atoms with Gasteiger partial charge in [-0.15, -0.1) is 0 Å². The highest BCUT2D eigenvalue weighted by Crippen LogP contribution is 2.21. The molecule has 1 amide bonds. The number of carbonyl (C=O) groups excluding carboxylic acids is 1. The predicted molar refractivity (Wildman–Crippen MR) is 92.3 cm³/mol. The Bertz CT molecular complexity index is 665. The van der Waals surface area contributed by atoms with Gasteiger partial charge in [-0.25, -0.2) is 0 Å². The van der Waals surface area contributed by atoms with Crippen molar-refractivity contribution in [3.8, 4) is 5.75 Å². The summed E-state index contributed by atoms with van der Waals surface area (Å²) >= 11 is 0. The van der Waals surface area contributed by atoms with Gasteiger partial charge in [0.25, 0.3) is 0 Å². The van der Waals surface area contributed by atoms with Crippen LogP contribution in [0.5, 0.6) is 5.75 Å². The summed E-state index contributed by atoms with van der Waals surface area (Å²) in [6.45, 7) is -1.47. The molecule has 0 aliphatic rings. The summed E-state index contributed by atoms with van der Waals surface area (Å²) in [5.41, 5.74) is 7.01. The molecule has 25 heavy (non-hydrogen) atoms. The molecule has 0 aliphatic heterocycles. The summed E-state index contributed by atoms with van der Waals surface area (Å²) < 4.78 is 29.5.